The van der Waals surface area contributed by atoms with E-state index in [-0.39, 0.29) is 12.2 Å². The summed E-state index contributed by atoms with van der Waals surface area (Å²) < 4.78 is 4.80. The first-order chi connectivity index (χ1) is 9.47. The van der Waals surface area contributed by atoms with E-state index in [1.54, 1.807) is 12.1 Å². The number of phenols is 1. The third-order valence-electron chi connectivity index (χ3n) is 3.11. The second kappa shape index (κ2) is 5.72. The number of carboxylic acid groups (broad SMARTS) is 1. The van der Waals surface area contributed by atoms with E-state index < -0.39 is 22.9 Å². The Morgan fingerprint density at radius 1 is 1.45 bits per heavy atom. The van der Waals surface area contributed by atoms with E-state index in [1.165, 1.54) is 31.0 Å². The van der Waals surface area contributed by atoms with Gasteiger partial charge in [-0.1, -0.05) is 12.1 Å². The summed E-state index contributed by atoms with van der Waals surface area (Å²) in [6, 6.07) is 5.65. The van der Waals surface area contributed by atoms with Gasteiger partial charge in [-0.25, -0.2) is 4.79 Å². The Balaban J connectivity index is 2.23. The topological polar surface area (TPSA) is 95.9 Å². The number of carboxylic acids is 1. The smallest absolute Gasteiger partial charge is 0.336 e. The van der Waals surface area contributed by atoms with E-state index in [0.717, 1.165) is 5.56 Å². The van der Waals surface area contributed by atoms with Gasteiger partial charge < -0.3 is 14.9 Å². The molecule has 0 amide bonds. The molecule has 7 heteroatoms. The summed E-state index contributed by atoms with van der Waals surface area (Å²) in [6.07, 6.45) is 0.286. The molecule has 0 radical (unpaired) electrons. The van der Waals surface area contributed by atoms with Crippen LogP contribution < -0.4 is 5.32 Å². The minimum Gasteiger partial charge on any atom is -0.508 e. The minimum absolute atomic E-state index is 0.135. The minimum atomic E-state index is -1.10. The number of aliphatic carboxylic acids is 1. The second-order valence-electron chi connectivity index (χ2n) is 4.51. The fraction of sp³-hybridized carbons (Fsp3) is 0.385. The van der Waals surface area contributed by atoms with Crippen molar-refractivity contribution in [2.45, 2.75) is 17.3 Å². The number of hydrogen-bond acceptors (Lipinski definition) is 6. The number of rotatable bonds is 4. The molecule has 2 rings (SSSR count). The number of benzene rings is 1. The molecule has 3 N–H and O–H groups in total. The quantitative estimate of drug-likeness (QED) is 0.700. The van der Waals surface area contributed by atoms with Gasteiger partial charge in [0.2, 0.25) is 0 Å². The van der Waals surface area contributed by atoms with Gasteiger partial charge >= 0.3 is 11.9 Å². The van der Waals surface area contributed by atoms with Crippen LogP contribution in [0, 0.1) is 0 Å². The Hall–Kier alpha value is -1.73. The lowest BCUT2D eigenvalue weighted by Crippen LogP contribution is -2.52. The fourth-order valence-corrected chi connectivity index (χ4v) is 3.45. The van der Waals surface area contributed by atoms with Crippen LogP contribution in [0.4, 0.5) is 0 Å². The molecule has 1 aromatic carbocycles. The van der Waals surface area contributed by atoms with Gasteiger partial charge in [0.15, 0.2) is 4.87 Å². The Labute approximate surface area is 120 Å². The number of esters is 1. The summed E-state index contributed by atoms with van der Waals surface area (Å²) in [5.74, 6) is -1.06. The predicted octanol–water partition coefficient (Wildman–Crippen LogP) is 0.594. The van der Waals surface area contributed by atoms with E-state index in [1.807, 2.05) is 0 Å². The molecule has 0 spiro atoms. The third kappa shape index (κ3) is 2.88. The molecule has 1 fully saturated rings. The van der Waals surface area contributed by atoms with Gasteiger partial charge in [-0.15, -0.1) is 11.8 Å². The van der Waals surface area contributed by atoms with Crippen molar-refractivity contribution < 1.29 is 24.5 Å². The monoisotopic (exact) mass is 297 g/mol. The largest absolute Gasteiger partial charge is 0.508 e. The number of carbonyl (C=O) groups excluding carboxylic acids is 1. The number of thioether (sulfide) groups is 1. The average molecular weight is 297 g/mol. The number of hydrogen-bond donors (Lipinski definition) is 3. The van der Waals surface area contributed by atoms with Crippen LogP contribution in [0.3, 0.4) is 0 Å². The highest BCUT2D eigenvalue weighted by Crippen LogP contribution is 2.35. The molecule has 1 heterocycles. The van der Waals surface area contributed by atoms with Gasteiger partial charge in [0.25, 0.3) is 0 Å². The van der Waals surface area contributed by atoms with Crippen LogP contribution in [0.5, 0.6) is 5.75 Å². The Bertz CT molecular complexity index is 518. The zero-order chi connectivity index (χ0) is 14.8. The normalized spacial score (nSPS) is 25.4. The van der Waals surface area contributed by atoms with Gasteiger partial charge in [-0.05, 0) is 17.7 Å². The first-order valence-corrected chi connectivity index (χ1v) is 6.96. The molecule has 1 aliphatic heterocycles. The van der Waals surface area contributed by atoms with Gasteiger partial charge in [-0.2, -0.15) is 0 Å². The number of carbonyl (C=O) groups is 2. The molecular formula is C13H15NO5S. The molecule has 0 aliphatic carbocycles. The van der Waals surface area contributed by atoms with Crippen LogP contribution in [0.2, 0.25) is 0 Å². The van der Waals surface area contributed by atoms with Gasteiger partial charge in [0.1, 0.15) is 11.8 Å². The number of ether oxygens (including phenoxy) is 1. The molecule has 1 aliphatic rings. The van der Waals surface area contributed by atoms with Crippen molar-refractivity contribution >= 4 is 23.7 Å². The molecule has 0 aromatic heterocycles. The van der Waals surface area contributed by atoms with Crippen LogP contribution in [-0.4, -0.2) is 45.9 Å². The van der Waals surface area contributed by atoms with Gasteiger partial charge in [0, 0.05) is 12.2 Å². The summed E-state index contributed by atoms with van der Waals surface area (Å²) >= 11 is 1.23. The zero-order valence-corrected chi connectivity index (χ0v) is 11.6. The van der Waals surface area contributed by atoms with Crippen LogP contribution in [0.25, 0.3) is 0 Å². The van der Waals surface area contributed by atoms with Crippen molar-refractivity contribution in [1.29, 1.82) is 0 Å². The summed E-state index contributed by atoms with van der Waals surface area (Å²) in [5, 5.41) is 21.1. The molecule has 108 valence electrons. The number of aromatic hydroxyl groups is 1. The maximum atomic E-state index is 12.0. The first-order valence-electron chi connectivity index (χ1n) is 5.97. The van der Waals surface area contributed by atoms with Gasteiger partial charge in [0.05, 0.1) is 7.11 Å². The maximum Gasteiger partial charge on any atom is 0.336 e. The van der Waals surface area contributed by atoms with Crippen LogP contribution in [0.1, 0.15) is 5.56 Å². The molecule has 1 aromatic rings. The molecular weight excluding hydrogens is 282 g/mol. The van der Waals surface area contributed by atoms with Crippen molar-refractivity contribution in [3.63, 3.8) is 0 Å². The lowest BCUT2D eigenvalue weighted by atomic mass is 10.0. The summed E-state index contributed by atoms with van der Waals surface area (Å²) in [7, 11) is 1.28. The molecule has 1 saturated heterocycles. The zero-order valence-electron chi connectivity index (χ0n) is 10.8. The van der Waals surface area contributed by atoms with Crippen LogP contribution in [0.15, 0.2) is 24.3 Å². The second-order valence-corrected chi connectivity index (χ2v) is 5.83. The molecule has 0 unspecified atom stereocenters. The Kier molecular flexibility index (Phi) is 4.20. The van der Waals surface area contributed by atoms with Crippen molar-refractivity contribution in [2.24, 2.45) is 0 Å². The average Bonchev–Trinajstić information content (AvgIpc) is 2.86. The third-order valence-corrected chi connectivity index (χ3v) is 4.53. The predicted molar refractivity (Wildman–Crippen MR) is 73.6 cm³/mol. The SMILES string of the molecule is COC(=O)[C@]1(Cc2ccc(O)cc2)N[C@H](C(=O)O)CS1. The van der Waals surface area contributed by atoms with Gasteiger partial charge in [-0.3, -0.25) is 10.1 Å². The first kappa shape index (κ1) is 14.7. The molecule has 20 heavy (non-hydrogen) atoms. The van der Waals surface area contributed by atoms with Crippen molar-refractivity contribution in [3.8, 4) is 5.75 Å². The van der Waals surface area contributed by atoms with Crippen LogP contribution >= 0.6 is 11.8 Å². The molecule has 0 saturated carbocycles. The van der Waals surface area contributed by atoms with Crippen LogP contribution in [-0.2, 0) is 20.7 Å². The highest BCUT2D eigenvalue weighted by atomic mass is 32.2. The maximum absolute atomic E-state index is 12.0. The molecule has 0 bridgehead atoms. The summed E-state index contributed by atoms with van der Waals surface area (Å²) in [6.45, 7) is 0. The number of phenolic OH excluding ortho intramolecular Hbond substituents is 1. The van der Waals surface area contributed by atoms with E-state index in [0.29, 0.717) is 5.75 Å². The van der Waals surface area contributed by atoms with Crippen molar-refractivity contribution in [2.75, 3.05) is 12.9 Å². The highest BCUT2D eigenvalue weighted by molar-refractivity contribution is 8.01. The van der Waals surface area contributed by atoms with E-state index in [9.17, 15) is 14.7 Å². The van der Waals surface area contributed by atoms with Crippen molar-refractivity contribution in [1.82, 2.24) is 5.32 Å². The van der Waals surface area contributed by atoms with E-state index in [4.69, 9.17) is 9.84 Å². The van der Waals surface area contributed by atoms with Crippen molar-refractivity contribution in [3.05, 3.63) is 29.8 Å². The Morgan fingerprint density at radius 3 is 2.60 bits per heavy atom. The number of methoxy groups -OCH3 is 1. The van der Waals surface area contributed by atoms with E-state index in [2.05, 4.69) is 5.32 Å². The highest BCUT2D eigenvalue weighted by Gasteiger charge is 2.48. The fourth-order valence-electron chi connectivity index (χ4n) is 2.08. The summed E-state index contributed by atoms with van der Waals surface area (Å²) in [5.41, 5.74) is 0.805. The lowest BCUT2D eigenvalue weighted by molar-refractivity contribution is -0.145. The molecule has 2 atom stereocenters. The Morgan fingerprint density at radius 2 is 2.10 bits per heavy atom. The standard InChI is InChI=1S/C13H15NO5S/c1-19-12(18)13(14-10(7-20-13)11(16)17)6-8-2-4-9(15)5-3-8/h2-5,10,14-15H,6-7H2,1H3,(H,16,17)/t10-,13+/m0/s1. The molecule has 6 nitrogen and oxygen atoms in total. The lowest BCUT2D eigenvalue weighted by Gasteiger charge is -2.26. The van der Waals surface area contributed by atoms with E-state index >= 15 is 0 Å². The summed E-state index contributed by atoms with van der Waals surface area (Å²) in [4.78, 5) is 22.0. The number of nitrogens with one attached hydrogen (secondary N) is 1.